The first-order valence-corrected chi connectivity index (χ1v) is 3.75. The maximum atomic E-state index is 10.1. The van der Waals surface area contributed by atoms with Gasteiger partial charge in [0.05, 0.1) is 0 Å². The molecule has 0 aliphatic carbocycles. The lowest BCUT2D eigenvalue weighted by atomic mass is 10.2. The molecule has 0 saturated heterocycles. The van der Waals surface area contributed by atoms with Gasteiger partial charge in [-0.3, -0.25) is 4.79 Å². The molecule has 1 aromatic rings. The van der Waals surface area contributed by atoms with Crippen LogP contribution < -0.4 is 11.1 Å². The van der Waals surface area contributed by atoms with E-state index in [-0.39, 0.29) is 0 Å². The van der Waals surface area contributed by atoms with Gasteiger partial charge in [0.15, 0.2) is 0 Å². The molecule has 0 heterocycles. The van der Waals surface area contributed by atoms with Crippen molar-refractivity contribution in [3.8, 4) is 0 Å². The third-order valence-corrected chi connectivity index (χ3v) is 1.61. The number of hydrogen-bond acceptors (Lipinski definition) is 2. The molecule has 3 N–H and O–H groups in total. The van der Waals surface area contributed by atoms with Crippen LogP contribution >= 0.6 is 12.2 Å². The molecule has 0 bridgehead atoms. The molecule has 12 heavy (non-hydrogen) atoms. The van der Waals surface area contributed by atoms with Crippen molar-refractivity contribution >= 4 is 29.3 Å². The van der Waals surface area contributed by atoms with Crippen LogP contribution in [0, 0.1) is 0 Å². The van der Waals surface area contributed by atoms with E-state index in [1.165, 1.54) is 0 Å². The first kappa shape index (κ1) is 8.67. The van der Waals surface area contributed by atoms with Gasteiger partial charge < -0.3 is 11.1 Å². The second-order valence-electron chi connectivity index (χ2n) is 2.21. The second kappa shape index (κ2) is 3.82. The van der Waals surface area contributed by atoms with Crippen LogP contribution in [0.15, 0.2) is 24.3 Å². The van der Waals surface area contributed by atoms with Crippen molar-refractivity contribution in [1.82, 2.24) is 0 Å². The van der Waals surface area contributed by atoms with E-state index in [4.69, 9.17) is 18.0 Å². The van der Waals surface area contributed by atoms with Crippen LogP contribution in [0.3, 0.4) is 0 Å². The molecule has 1 amide bonds. The quantitative estimate of drug-likeness (QED) is 0.536. The molecule has 0 aliphatic heterocycles. The summed E-state index contributed by atoms with van der Waals surface area (Å²) < 4.78 is 0. The van der Waals surface area contributed by atoms with E-state index in [9.17, 15) is 4.79 Å². The van der Waals surface area contributed by atoms with E-state index in [1.807, 2.05) is 0 Å². The number of hydrogen-bond donors (Lipinski definition) is 2. The molecule has 0 spiro atoms. The number of nitrogens with one attached hydrogen (secondary N) is 1. The highest BCUT2D eigenvalue weighted by molar-refractivity contribution is 7.80. The second-order valence-corrected chi connectivity index (χ2v) is 2.65. The zero-order chi connectivity index (χ0) is 8.97. The van der Waals surface area contributed by atoms with E-state index in [1.54, 1.807) is 24.3 Å². The summed E-state index contributed by atoms with van der Waals surface area (Å²) in [6.07, 6.45) is 0.610. The fourth-order valence-corrected chi connectivity index (χ4v) is 0.957. The smallest absolute Gasteiger partial charge is 0.211 e. The Labute approximate surface area is 75.6 Å². The molecule has 62 valence electrons. The van der Waals surface area contributed by atoms with Crippen LogP contribution in [0.1, 0.15) is 5.56 Å². The lowest BCUT2D eigenvalue weighted by molar-refractivity contribution is -0.105. The van der Waals surface area contributed by atoms with Crippen LogP contribution in [-0.2, 0) is 4.79 Å². The molecular weight excluding hydrogens is 172 g/mol. The van der Waals surface area contributed by atoms with E-state index in [0.29, 0.717) is 17.1 Å². The summed E-state index contributed by atoms with van der Waals surface area (Å²) in [4.78, 5) is 10.4. The van der Waals surface area contributed by atoms with Crippen molar-refractivity contribution in [2.45, 2.75) is 0 Å². The summed E-state index contributed by atoms with van der Waals surface area (Å²) in [6, 6.07) is 7.05. The van der Waals surface area contributed by atoms with Crippen LogP contribution in [0.5, 0.6) is 0 Å². The molecule has 0 atom stereocenters. The summed E-state index contributed by atoms with van der Waals surface area (Å²) >= 11 is 4.77. The Morgan fingerprint density at radius 1 is 1.58 bits per heavy atom. The molecule has 3 nitrogen and oxygen atoms in total. The maximum Gasteiger partial charge on any atom is 0.211 e. The Kier molecular flexibility index (Phi) is 2.76. The molecule has 0 unspecified atom stereocenters. The number of rotatable bonds is 3. The van der Waals surface area contributed by atoms with Crippen molar-refractivity contribution in [1.29, 1.82) is 0 Å². The SMILES string of the molecule is NC(=S)c1cccc(NC=O)c1. The van der Waals surface area contributed by atoms with Crippen molar-refractivity contribution in [2.75, 3.05) is 5.32 Å². The zero-order valence-electron chi connectivity index (χ0n) is 6.28. The number of carbonyl (C=O) groups excluding carboxylic acids is 1. The highest BCUT2D eigenvalue weighted by Crippen LogP contribution is 2.09. The number of anilines is 1. The number of carbonyl (C=O) groups is 1. The number of thiocarbonyl (C=S) groups is 1. The summed E-state index contributed by atoms with van der Waals surface area (Å²) in [5.74, 6) is 0. The highest BCUT2D eigenvalue weighted by atomic mass is 32.1. The van der Waals surface area contributed by atoms with E-state index in [0.717, 1.165) is 5.56 Å². The van der Waals surface area contributed by atoms with E-state index in [2.05, 4.69) is 5.32 Å². The van der Waals surface area contributed by atoms with Gasteiger partial charge in [-0.1, -0.05) is 24.4 Å². The number of nitrogens with two attached hydrogens (primary N) is 1. The van der Waals surface area contributed by atoms with Crippen LogP contribution in [0.25, 0.3) is 0 Å². The minimum Gasteiger partial charge on any atom is -0.389 e. The fourth-order valence-electron chi connectivity index (χ4n) is 0.830. The standard InChI is InChI=1S/C8H8N2OS/c9-8(12)6-2-1-3-7(4-6)10-5-11/h1-5H,(H2,9,12)(H,10,11). The maximum absolute atomic E-state index is 10.1. The molecule has 0 aliphatic rings. The van der Waals surface area contributed by atoms with Gasteiger partial charge >= 0.3 is 0 Å². The lowest BCUT2D eigenvalue weighted by Crippen LogP contribution is -2.09. The normalized spacial score (nSPS) is 9.00. The Morgan fingerprint density at radius 2 is 2.33 bits per heavy atom. The van der Waals surface area contributed by atoms with Crippen LogP contribution in [0.4, 0.5) is 5.69 Å². The average molecular weight is 180 g/mol. The summed E-state index contributed by atoms with van der Waals surface area (Å²) in [6.45, 7) is 0. The van der Waals surface area contributed by atoms with Gasteiger partial charge in [0.25, 0.3) is 0 Å². The third kappa shape index (κ3) is 2.03. The third-order valence-electron chi connectivity index (χ3n) is 1.37. The monoisotopic (exact) mass is 180 g/mol. The minimum absolute atomic E-state index is 0.324. The highest BCUT2D eigenvalue weighted by Gasteiger charge is 1.96. The molecule has 0 aromatic heterocycles. The zero-order valence-corrected chi connectivity index (χ0v) is 7.10. The molecule has 1 rings (SSSR count). The van der Waals surface area contributed by atoms with Gasteiger partial charge in [-0.05, 0) is 12.1 Å². The average Bonchev–Trinajstić information content (AvgIpc) is 2.05. The first-order valence-electron chi connectivity index (χ1n) is 3.34. The van der Waals surface area contributed by atoms with Crippen LogP contribution in [-0.4, -0.2) is 11.4 Å². The number of amides is 1. The molecule has 4 heteroatoms. The van der Waals surface area contributed by atoms with Gasteiger partial charge in [0, 0.05) is 11.3 Å². The lowest BCUT2D eigenvalue weighted by Gasteiger charge is -2.01. The summed E-state index contributed by atoms with van der Waals surface area (Å²) in [5, 5.41) is 2.51. The largest absolute Gasteiger partial charge is 0.389 e. The molecule has 0 saturated carbocycles. The predicted molar refractivity (Wildman–Crippen MR) is 52.0 cm³/mol. The van der Waals surface area contributed by atoms with Crippen molar-refractivity contribution in [3.63, 3.8) is 0 Å². The van der Waals surface area contributed by atoms with E-state index >= 15 is 0 Å². The summed E-state index contributed by atoms with van der Waals surface area (Å²) in [5.41, 5.74) is 6.83. The molecule has 0 fully saturated rings. The van der Waals surface area contributed by atoms with Gasteiger partial charge in [0.2, 0.25) is 6.41 Å². The summed E-state index contributed by atoms with van der Waals surface area (Å²) in [7, 11) is 0. The van der Waals surface area contributed by atoms with Crippen molar-refractivity contribution < 1.29 is 4.79 Å². The Bertz CT molecular complexity index is 312. The van der Waals surface area contributed by atoms with E-state index < -0.39 is 0 Å². The van der Waals surface area contributed by atoms with Gasteiger partial charge in [-0.25, -0.2) is 0 Å². The van der Waals surface area contributed by atoms with Crippen molar-refractivity contribution in [3.05, 3.63) is 29.8 Å². The number of benzene rings is 1. The Hall–Kier alpha value is -1.42. The Balaban J connectivity index is 2.95. The van der Waals surface area contributed by atoms with Crippen LogP contribution in [0.2, 0.25) is 0 Å². The molecule has 0 radical (unpaired) electrons. The van der Waals surface area contributed by atoms with Crippen molar-refractivity contribution in [2.24, 2.45) is 5.73 Å². The van der Waals surface area contributed by atoms with Gasteiger partial charge in [0.1, 0.15) is 4.99 Å². The molecular formula is C8H8N2OS. The topological polar surface area (TPSA) is 55.1 Å². The first-order chi connectivity index (χ1) is 5.74. The van der Waals surface area contributed by atoms with Gasteiger partial charge in [-0.2, -0.15) is 0 Å². The fraction of sp³-hybridized carbons (Fsp3) is 0. The molecule has 1 aromatic carbocycles. The predicted octanol–water partition coefficient (Wildman–Crippen LogP) is 0.889. The Morgan fingerprint density at radius 3 is 2.92 bits per heavy atom. The minimum atomic E-state index is 0.324. The van der Waals surface area contributed by atoms with Gasteiger partial charge in [-0.15, -0.1) is 0 Å².